The highest BCUT2D eigenvalue weighted by molar-refractivity contribution is 7.14. The van der Waals surface area contributed by atoms with E-state index in [1.807, 2.05) is 18.2 Å². The Morgan fingerprint density at radius 3 is 2.79 bits per heavy atom. The molecule has 2 aromatic heterocycles. The zero-order chi connectivity index (χ0) is 20.2. The first-order chi connectivity index (χ1) is 14.1. The van der Waals surface area contributed by atoms with E-state index in [-0.39, 0.29) is 18.2 Å². The van der Waals surface area contributed by atoms with Crippen molar-refractivity contribution in [3.05, 3.63) is 58.5 Å². The van der Waals surface area contributed by atoms with Crippen LogP contribution in [0.25, 0.3) is 0 Å². The molecule has 0 aliphatic carbocycles. The molecule has 150 valence electrons. The number of aryl methyl sites for hydroxylation is 1. The maximum absolute atomic E-state index is 12.2. The van der Waals surface area contributed by atoms with Gasteiger partial charge in [-0.25, -0.2) is 4.98 Å². The van der Waals surface area contributed by atoms with Gasteiger partial charge in [-0.05, 0) is 30.7 Å². The Labute approximate surface area is 170 Å². The van der Waals surface area contributed by atoms with Crippen LogP contribution in [0.2, 0.25) is 0 Å². The average Bonchev–Trinajstić information content (AvgIpc) is 3.34. The van der Waals surface area contributed by atoms with Gasteiger partial charge >= 0.3 is 0 Å². The molecule has 1 aliphatic rings. The fourth-order valence-electron chi connectivity index (χ4n) is 2.86. The van der Waals surface area contributed by atoms with Crippen LogP contribution in [0.4, 0.5) is 5.13 Å². The van der Waals surface area contributed by atoms with Gasteiger partial charge in [-0.15, -0.1) is 11.3 Å². The number of nitrogens with one attached hydrogen (secondary N) is 2. The quantitative estimate of drug-likeness (QED) is 0.644. The SMILES string of the molecule is Cc1occc1C(=O)Nc1nc(CC(=O)NCc2ccc3c(c2)OCCO3)cs1. The van der Waals surface area contributed by atoms with Crippen molar-refractivity contribution in [2.45, 2.75) is 19.9 Å². The molecule has 0 spiro atoms. The van der Waals surface area contributed by atoms with Gasteiger partial charge in [0.05, 0.1) is 23.9 Å². The molecule has 29 heavy (non-hydrogen) atoms. The molecule has 0 unspecified atom stereocenters. The van der Waals surface area contributed by atoms with Crippen molar-refractivity contribution in [2.24, 2.45) is 0 Å². The number of hydrogen-bond acceptors (Lipinski definition) is 7. The Bertz CT molecular complexity index is 1040. The lowest BCUT2D eigenvalue weighted by Crippen LogP contribution is -2.25. The van der Waals surface area contributed by atoms with Crippen LogP contribution in [0, 0.1) is 6.92 Å². The van der Waals surface area contributed by atoms with Crippen molar-refractivity contribution < 1.29 is 23.5 Å². The zero-order valence-electron chi connectivity index (χ0n) is 15.7. The van der Waals surface area contributed by atoms with E-state index >= 15 is 0 Å². The molecule has 0 radical (unpaired) electrons. The molecule has 9 heteroatoms. The normalized spacial score (nSPS) is 12.4. The fourth-order valence-corrected chi connectivity index (χ4v) is 3.56. The van der Waals surface area contributed by atoms with Gasteiger partial charge < -0.3 is 19.2 Å². The number of ether oxygens (including phenoxy) is 2. The number of thiazole rings is 1. The molecule has 3 heterocycles. The Balaban J connectivity index is 1.29. The summed E-state index contributed by atoms with van der Waals surface area (Å²) in [4.78, 5) is 28.7. The lowest BCUT2D eigenvalue weighted by Gasteiger charge is -2.18. The number of rotatable bonds is 6. The van der Waals surface area contributed by atoms with Gasteiger partial charge in [0.15, 0.2) is 16.6 Å². The van der Waals surface area contributed by atoms with Crippen LogP contribution in [-0.4, -0.2) is 30.0 Å². The van der Waals surface area contributed by atoms with Crippen molar-refractivity contribution in [3.63, 3.8) is 0 Å². The topological polar surface area (TPSA) is 103 Å². The maximum atomic E-state index is 12.2. The summed E-state index contributed by atoms with van der Waals surface area (Å²) in [7, 11) is 0. The van der Waals surface area contributed by atoms with Crippen molar-refractivity contribution >= 4 is 28.3 Å². The minimum absolute atomic E-state index is 0.127. The molecule has 4 rings (SSSR count). The van der Waals surface area contributed by atoms with Gasteiger partial charge in [-0.2, -0.15) is 0 Å². The minimum Gasteiger partial charge on any atom is -0.486 e. The predicted molar refractivity (Wildman–Crippen MR) is 106 cm³/mol. The van der Waals surface area contributed by atoms with E-state index in [1.54, 1.807) is 18.4 Å². The van der Waals surface area contributed by atoms with Crippen LogP contribution in [0.3, 0.4) is 0 Å². The summed E-state index contributed by atoms with van der Waals surface area (Å²) in [6, 6.07) is 7.20. The molecule has 0 saturated heterocycles. The van der Waals surface area contributed by atoms with E-state index in [0.717, 1.165) is 5.56 Å². The highest BCUT2D eigenvalue weighted by Gasteiger charge is 2.15. The lowest BCUT2D eigenvalue weighted by molar-refractivity contribution is -0.120. The van der Waals surface area contributed by atoms with Gasteiger partial charge in [0, 0.05) is 11.9 Å². The smallest absolute Gasteiger partial charge is 0.260 e. The second kappa shape index (κ2) is 8.36. The largest absolute Gasteiger partial charge is 0.486 e. The first-order valence-corrected chi connectivity index (χ1v) is 9.91. The number of furan rings is 1. The number of carbonyl (C=O) groups excluding carboxylic acids is 2. The van der Waals surface area contributed by atoms with Crippen molar-refractivity contribution in [2.75, 3.05) is 18.5 Å². The number of carbonyl (C=O) groups is 2. The Morgan fingerprint density at radius 2 is 2.00 bits per heavy atom. The predicted octanol–water partition coefficient (Wildman–Crippen LogP) is 2.93. The van der Waals surface area contributed by atoms with Crippen molar-refractivity contribution in [1.82, 2.24) is 10.3 Å². The van der Waals surface area contributed by atoms with Crippen molar-refractivity contribution in [1.29, 1.82) is 0 Å². The maximum Gasteiger partial charge on any atom is 0.260 e. The monoisotopic (exact) mass is 413 g/mol. The standard InChI is InChI=1S/C20H19N3O5S/c1-12-15(4-5-26-12)19(25)23-20-22-14(11-29-20)9-18(24)21-10-13-2-3-16-17(8-13)28-7-6-27-16/h2-5,8,11H,6-7,9-10H2,1H3,(H,21,24)(H,22,23,25). The molecule has 0 atom stereocenters. The number of fused-ring (bicyclic) bond motifs is 1. The fraction of sp³-hybridized carbons (Fsp3) is 0.250. The van der Waals surface area contributed by atoms with E-state index in [2.05, 4.69) is 15.6 Å². The number of aromatic nitrogens is 1. The Kier molecular flexibility index (Phi) is 5.48. The number of anilines is 1. The molecule has 0 bridgehead atoms. The van der Waals surface area contributed by atoms with Crippen LogP contribution >= 0.6 is 11.3 Å². The van der Waals surface area contributed by atoms with Gasteiger partial charge in [-0.1, -0.05) is 6.07 Å². The third-order valence-electron chi connectivity index (χ3n) is 4.31. The van der Waals surface area contributed by atoms with E-state index in [1.165, 1.54) is 17.6 Å². The number of nitrogens with zero attached hydrogens (tertiary/aromatic N) is 1. The van der Waals surface area contributed by atoms with Crippen LogP contribution in [-0.2, 0) is 17.8 Å². The zero-order valence-corrected chi connectivity index (χ0v) is 16.5. The highest BCUT2D eigenvalue weighted by Crippen LogP contribution is 2.30. The Morgan fingerprint density at radius 1 is 1.17 bits per heavy atom. The average molecular weight is 413 g/mol. The number of amides is 2. The summed E-state index contributed by atoms with van der Waals surface area (Å²) in [6.07, 6.45) is 1.59. The van der Waals surface area contributed by atoms with Gasteiger partial charge in [-0.3, -0.25) is 14.9 Å². The van der Waals surface area contributed by atoms with E-state index in [4.69, 9.17) is 13.9 Å². The number of hydrogen-bond donors (Lipinski definition) is 2. The molecule has 3 aromatic rings. The van der Waals surface area contributed by atoms with E-state index < -0.39 is 0 Å². The van der Waals surface area contributed by atoms with Gasteiger partial charge in [0.2, 0.25) is 5.91 Å². The summed E-state index contributed by atoms with van der Waals surface area (Å²) < 4.78 is 16.2. The molecule has 1 aromatic carbocycles. The molecular formula is C20H19N3O5S. The van der Waals surface area contributed by atoms with Crippen molar-refractivity contribution in [3.8, 4) is 11.5 Å². The van der Waals surface area contributed by atoms with Crippen LogP contribution in [0.15, 0.2) is 40.3 Å². The van der Waals surface area contributed by atoms with Gasteiger partial charge in [0.25, 0.3) is 5.91 Å². The second-order valence-electron chi connectivity index (χ2n) is 6.42. The molecular weight excluding hydrogens is 394 g/mol. The van der Waals surface area contributed by atoms with Crippen LogP contribution < -0.4 is 20.1 Å². The lowest BCUT2D eigenvalue weighted by atomic mass is 10.2. The third kappa shape index (κ3) is 4.57. The Hall–Kier alpha value is -3.33. The molecule has 0 fully saturated rings. The van der Waals surface area contributed by atoms with Gasteiger partial charge in [0.1, 0.15) is 19.0 Å². The molecule has 2 N–H and O–H groups in total. The van der Waals surface area contributed by atoms with E-state index in [0.29, 0.717) is 53.4 Å². The summed E-state index contributed by atoms with van der Waals surface area (Å²) in [5.41, 5.74) is 1.97. The minimum atomic E-state index is -0.291. The summed E-state index contributed by atoms with van der Waals surface area (Å²) in [5, 5.41) is 7.77. The van der Waals surface area contributed by atoms with Crippen LogP contribution in [0.5, 0.6) is 11.5 Å². The molecule has 0 saturated carbocycles. The molecule has 8 nitrogen and oxygen atoms in total. The summed E-state index contributed by atoms with van der Waals surface area (Å²) >= 11 is 1.27. The molecule has 2 amide bonds. The van der Waals surface area contributed by atoms with Crippen LogP contribution in [0.1, 0.15) is 27.4 Å². The first-order valence-electron chi connectivity index (χ1n) is 9.03. The highest BCUT2D eigenvalue weighted by atomic mass is 32.1. The third-order valence-corrected chi connectivity index (χ3v) is 5.12. The first kappa shape index (κ1) is 19.0. The molecule has 1 aliphatic heterocycles. The summed E-state index contributed by atoms with van der Waals surface area (Å²) in [5.74, 6) is 1.50. The summed E-state index contributed by atoms with van der Waals surface area (Å²) in [6.45, 7) is 3.16. The number of benzene rings is 1. The van der Waals surface area contributed by atoms with E-state index in [9.17, 15) is 9.59 Å². The second-order valence-corrected chi connectivity index (χ2v) is 7.28.